The van der Waals surface area contributed by atoms with Gasteiger partial charge in [-0.1, -0.05) is 11.6 Å². The van der Waals surface area contributed by atoms with Gasteiger partial charge in [0.1, 0.15) is 11.9 Å². The Kier molecular flexibility index (Phi) is 6.14. The maximum absolute atomic E-state index is 13.0. The lowest BCUT2D eigenvalue weighted by atomic mass is 10.2. The molecule has 158 valence electrons. The normalized spacial score (nSPS) is 12.4. The minimum Gasteiger partial charge on any atom is -0.323 e. The Morgan fingerprint density at radius 1 is 1.13 bits per heavy atom. The number of benzene rings is 2. The number of carbonyl (C=O) groups is 1. The largest absolute Gasteiger partial charge is 0.323 e. The van der Waals surface area contributed by atoms with Crippen LogP contribution in [-0.2, 0) is 14.8 Å². The molecule has 0 fully saturated rings. The molecule has 0 aliphatic carbocycles. The van der Waals surface area contributed by atoms with Crippen molar-refractivity contribution in [3.63, 3.8) is 0 Å². The van der Waals surface area contributed by atoms with Gasteiger partial charge in [-0.05, 0) is 69.3 Å². The zero-order valence-corrected chi connectivity index (χ0v) is 18.1. The van der Waals surface area contributed by atoms with E-state index in [0.29, 0.717) is 5.69 Å². The van der Waals surface area contributed by atoms with Crippen LogP contribution in [0.3, 0.4) is 0 Å². The number of sulfonamides is 1. The maximum Gasteiger partial charge on any atom is 0.261 e. The Morgan fingerprint density at radius 3 is 2.37 bits per heavy atom. The molecule has 0 spiro atoms. The van der Waals surface area contributed by atoms with E-state index >= 15 is 0 Å². The highest BCUT2D eigenvalue weighted by atomic mass is 35.5. The molecule has 0 saturated carbocycles. The fourth-order valence-corrected chi connectivity index (χ4v) is 4.17. The highest BCUT2D eigenvalue weighted by Crippen LogP contribution is 2.28. The van der Waals surface area contributed by atoms with E-state index in [-0.39, 0.29) is 21.5 Å². The van der Waals surface area contributed by atoms with Crippen LogP contribution in [-0.4, -0.2) is 24.1 Å². The average molecular weight is 451 g/mol. The second-order valence-corrected chi connectivity index (χ2v) is 8.88. The van der Waals surface area contributed by atoms with Crippen LogP contribution in [0.5, 0.6) is 0 Å². The van der Waals surface area contributed by atoms with Crippen LogP contribution in [0.2, 0.25) is 5.02 Å². The summed E-state index contributed by atoms with van der Waals surface area (Å²) in [5, 5.41) is 7.18. The van der Waals surface area contributed by atoms with E-state index in [1.807, 2.05) is 19.9 Å². The number of nitrogens with one attached hydrogen (secondary N) is 2. The van der Waals surface area contributed by atoms with E-state index in [1.165, 1.54) is 18.2 Å². The van der Waals surface area contributed by atoms with E-state index in [4.69, 9.17) is 11.6 Å². The van der Waals surface area contributed by atoms with E-state index in [2.05, 4.69) is 15.1 Å². The van der Waals surface area contributed by atoms with E-state index in [0.717, 1.165) is 35.7 Å². The molecule has 1 amide bonds. The average Bonchev–Trinajstić information content (AvgIpc) is 3.01. The maximum atomic E-state index is 13.0. The molecule has 3 rings (SSSR count). The lowest BCUT2D eigenvalue weighted by Gasteiger charge is -2.16. The van der Waals surface area contributed by atoms with E-state index in [9.17, 15) is 17.6 Å². The Morgan fingerprint density at radius 2 is 1.80 bits per heavy atom. The number of hydrogen-bond acceptors (Lipinski definition) is 4. The van der Waals surface area contributed by atoms with Crippen LogP contribution in [0.1, 0.15) is 24.4 Å². The molecule has 30 heavy (non-hydrogen) atoms. The van der Waals surface area contributed by atoms with Gasteiger partial charge in [-0.15, -0.1) is 0 Å². The molecular weight excluding hydrogens is 431 g/mol. The molecule has 1 heterocycles. The first-order valence-electron chi connectivity index (χ1n) is 8.98. The molecule has 0 aliphatic heterocycles. The van der Waals surface area contributed by atoms with Crippen molar-refractivity contribution in [3.05, 3.63) is 70.8 Å². The Hall–Kier alpha value is -2.91. The van der Waals surface area contributed by atoms with Gasteiger partial charge < -0.3 is 5.32 Å². The Labute approximate surface area is 178 Å². The van der Waals surface area contributed by atoms with E-state index in [1.54, 1.807) is 11.6 Å². The van der Waals surface area contributed by atoms with Gasteiger partial charge in [0.2, 0.25) is 5.91 Å². The van der Waals surface area contributed by atoms with Crippen LogP contribution < -0.4 is 10.0 Å². The van der Waals surface area contributed by atoms with Crippen LogP contribution in [0.25, 0.3) is 0 Å². The minimum atomic E-state index is -3.91. The van der Waals surface area contributed by atoms with Crippen molar-refractivity contribution in [2.24, 2.45) is 0 Å². The molecular formula is C20H20ClFN4O3S. The standard InChI is InChI=1S/C20H20ClFN4O3S/c1-12-10-13(2)26(24-12)14(3)20(27)23-19-9-6-16(11-18(19)21)25-30(28,29)17-7-4-15(22)5-8-17/h4-11,14,25H,1-3H3,(H,23,27). The predicted octanol–water partition coefficient (Wildman–Crippen LogP) is 4.29. The second kappa shape index (κ2) is 8.45. The summed E-state index contributed by atoms with van der Waals surface area (Å²) in [7, 11) is -3.91. The summed E-state index contributed by atoms with van der Waals surface area (Å²) in [5.74, 6) is -0.852. The summed E-state index contributed by atoms with van der Waals surface area (Å²) in [6.07, 6.45) is 0. The van der Waals surface area contributed by atoms with Gasteiger partial charge in [-0.25, -0.2) is 12.8 Å². The number of carbonyl (C=O) groups excluding carboxylic acids is 1. The van der Waals surface area contributed by atoms with Crippen LogP contribution >= 0.6 is 11.6 Å². The third kappa shape index (κ3) is 4.80. The van der Waals surface area contributed by atoms with Crippen molar-refractivity contribution in [1.29, 1.82) is 0 Å². The predicted molar refractivity (Wildman–Crippen MR) is 114 cm³/mol. The van der Waals surface area contributed by atoms with Gasteiger partial charge in [0.05, 0.1) is 27.0 Å². The highest BCUT2D eigenvalue weighted by molar-refractivity contribution is 7.92. The molecule has 1 atom stereocenters. The van der Waals surface area contributed by atoms with Crippen molar-refractivity contribution in [2.45, 2.75) is 31.7 Å². The smallest absolute Gasteiger partial charge is 0.261 e. The molecule has 0 radical (unpaired) electrons. The van der Waals surface area contributed by atoms with Crippen molar-refractivity contribution < 1.29 is 17.6 Å². The number of rotatable bonds is 6. The van der Waals surface area contributed by atoms with Crippen molar-refractivity contribution >= 4 is 38.9 Å². The Balaban J connectivity index is 1.74. The number of aryl methyl sites for hydroxylation is 2. The fourth-order valence-electron chi connectivity index (χ4n) is 2.89. The van der Waals surface area contributed by atoms with Gasteiger partial charge >= 0.3 is 0 Å². The number of amides is 1. The zero-order chi connectivity index (χ0) is 22.1. The number of hydrogen-bond donors (Lipinski definition) is 2. The van der Waals surface area contributed by atoms with Gasteiger partial charge in [-0.3, -0.25) is 14.2 Å². The molecule has 10 heteroatoms. The number of halogens is 2. The lowest BCUT2D eigenvalue weighted by Crippen LogP contribution is -2.25. The highest BCUT2D eigenvalue weighted by Gasteiger charge is 2.20. The summed E-state index contributed by atoms with van der Waals surface area (Å²) < 4.78 is 41.8. The quantitative estimate of drug-likeness (QED) is 0.585. The first kappa shape index (κ1) is 21.8. The summed E-state index contributed by atoms with van der Waals surface area (Å²) in [6, 6.07) is 10.1. The SMILES string of the molecule is Cc1cc(C)n(C(C)C(=O)Nc2ccc(NS(=O)(=O)c3ccc(F)cc3)cc2Cl)n1. The van der Waals surface area contributed by atoms with Crippen LogP contribution in [0.4, 0.5) is 15.8 Å². The number of anilines is 2. The molecule has 3 aromatic rings. The van der Waals surface area contributed by atoms with Gasteiger partial charge in [0.15, 0.2) is 0 Å². The van der Waals surface area contributed by atoms with Crippen molar-refractivity contribution in [1.82, 2.24) is 9.78 Å². The van der Waals surface area contributed by atoms with Crippen LogP contribution in [0, 0.1) is 19.7 Å². The number of aromatic nitrogens is 2. The third-order valence-electron chi connectivity index (χ3n) is 4.39. The van der Waals surface area contributed by atoms with Crippen molar-refractivity contribution in [2.75, 3.05) is 10.0 Å². The topological polar surface area (TPSA) is 93.1 Å². The monoisotopic (exact) mass is 450 g/mol. The summed E-state index contributed by atoms with van der Waals surface area (Å²) in [4.78, 5) is 12.5. The molecule has 7 nitrogen and oxygen atoms in total. The molecule has 2 aromatic carbocycles. The molecule has 0 aliphatic rings. The minimum absolute atomic E-state index is 0.0869. The van der Waals surface area contributed by atoms with Crippen LogP contribution in [0.15, 0.2) is 53.4 Å². The molecule has 2 N–H and O–H groups in total. The molecule has 0 bridgehead atoms. The van der Waals surface area contributed by atoms with Crippen molar-refractivity contribution in [3.8, 4) is 0 Å². The summed E-state index contributed by atoms with van der Waals surface area (Å²) in [6.45, 7) is 5.42. The first-order valence-corrected chi connectivity index (χ1v) is 10.8. The molecule has 1 aromatic heterocycles. The summed E-state index contributed by atoms with van der Waals surface area (Å²) >= 11 is 6.23. The third-order valence-corrected chi connectivity index (χ3v) is 6.10. The fraction of sp³-hybridized carbons (Fsp3) is 0.200. The van der Waals surface area contributed by atoms with E-state index < -0.39 is 21.9 Å². The molecule has 1 unspecified atom stereocenters. The van der Waals surface area contributed by atoms with Gasteiger partial charge in [-0.2, -0.15) is 5.10 Å². The number of nitrogens with zero attached hydrogens (tertiary/aromatic N) is 2. The van der Waals surface area contributed by atoms with Gasteiger partial charge in [0.25, 0.3) is 10.0 Å². The summed E-state index contributed by atoms with van der Waals surface area (Å²) in [5.41, 5.74) is 2.20. The zero-order valence-electron chi connectivity index (χ0n) is 16.5. The lowest BCUT2D eigenvalue weighted by molar-refractivity contribution is -0.119. The first-order chi connectivity index (χ1) is 14.1. The van der Waals surface area contributed by atoms with Gasteiger partial charge in [0, 0.05) is 5.69 Å². The molecule has 0 saturated heterocycles. The second-order valence-electron chi connectivity index (χ2n) is 6.79. The Bertz CT molecular complexity index is 1190.